The maximum atomic E-state index is 13.1. The van der Waals surface area contributed by atoms with E-state index < -0.39 is 0 Å². The molecule has 0 radical (unpaired) electrons. The molecular formula is C27H32N4O2. The molecule has 6 nitrogen and oxygen atoms in total. The van der Waals surface area contributed by atoms with Crippen molar-refractivity contribution in [2.45, 2.75) is 19.3 Å². The topological polar surface area (TPSA) is 96.2 Å². The van der Waals surface area contributed by atoms with Gasteiger partial charge in [-0.1, -0.05) is 24.3 Å². The number of nitrogens with two attached hydrogens (primary N) is 1. The molecule has 1 aliphatic rings. The van der Waals surface area contributed by atoms with E-state index in [1.165, 1.54) is 6.08 Å². The third-order valence-electron chi connectivity index (χ3n) is 5.98. The number of ketones is 2. The molecule has 0 unspecified atom stereocenters. The number of allylic oxidation sites excluding steroid dienone is 2. The molecule has 0 spiro atoms. The molecule has 4 rings (SSSR count). The van der Waals surface area contributed by atoms with Crippen molar-refractivity contribution in [1.82, 2.24) is 16.0 Å². The van der Waals surface area contributed by atoms with E-state index in [-0.39, 0.29) is 11.6 Å². The standard InChI is InChI=1S/C27H32N4O2/c28-8-3-9-29-10-4-11-30-12-5-13-31-25-18-26(32)23-16-21-14-19-6-1-2-7-20(19)15-22(21)17-24(23)27(25)33/h1-2,6-7,14-18,29-31H,3-5,8-13,28H2. The molecule has 0 heterocycles. The molecule has 1 aliphatic carbocycles. The van der Waals surface area contributed by atoms with Crippen molar-refractivity contribution in [3.05, 3.63) is 71.4 Å². The molecule has 0 amide bonds. The van der Waals surface area contributed by atoms with E-state index in [0.717, 1.165) is 73.5 Å². The van der Waals surface area contributed by atoms with Gasteiger partial charge in [-0.05, 0) is 97.8 Å². The Labute approximate surface area is 194 Å². The van der Waals surface area contributed by atoms with Gasteiger partial charge in [0.05, 0.1) is 5.70 Å². The summed E-state index contributed by atoms with van der Waals surface area (Å²) >= 11 is 0. The second kappa shape index (κ2) is 11.2. The molecular weight excluding hydrogens is 412 g/mol. The quantitative estimate of drug-likeness (QED) is 0.253. The molecule has 33 heavy (non-hydrogen) atoms. The van der Waals surface area contributed by atoms with Crippen LogP contribution in [0, 0.1) is 0 Å². The summed E-state index contributed by atoms with van der Waals surface area (Å²) in [5.41, 5.74) is 6.82. The van der Waals surface area contributed by atoms with Crippen LogP contribution in [0.25, 0.3) is 21.5 Å². The Hall–Kier alpha value is -3.06. The van der Waals surface area contributed by atoms with Crippen molar-refractivity contribution in [3.8, 4) is 0 Å². The van der Waals surface area contributed by atoms with E-state index in [1.54, 1.807) is 0 Å². The number of carbonyl (C=O) groups excluding carboxylic acids is 2. The zero-order valence-corrected chi connectivity index (χ0v) is 19.0. The molecule has 0 fully saturated rings. The fourth-order valence-electron chi connectivity index (χ4n) is 4.19. The van der Waals surface area contributed by atoms with Crippen LogP contribution < -0.4 is 21.7 Å². The largest absolute Gasteiger partial charge is 0.382 e. The smallest absolute Gasteiger partial charge is 0.209 e. The molecule has 3 aromatic rings. The van der Waals surface area contributed by atoms with Gasteiger partial charge in [0, 0.05) is 23.7 Å². The maximum Gasteiger partial charge on any atom is 0.209 e. The van der Waals surface area contributed by atoms with Gasteiger partial charge in [0.2, 0.25) is 5.78 Å². The molecule has 0 aromatic heterocycles. The second-order valence-electron chi connectivity index (χ2n) is 8.47. The average Bonchev–Trinajstić information content (AvgIpc) is 2.83. The number of nitrogens with one attached hydrogen (secondary N) is 3. The highest BCUT2D eigenvalue weighted by Crippen LogP contribution is 2.29. The molecule has 3 aromatic carbocycles. The van der Waals surface area contributed by atoms with Gasteiger partial charge in [-0.25, -0.2) is 0 Å². The molecule has 5 N–H and O–H groups in total. The molecule has 6 heteroatoms. The number of Topliss-reactive ketones (excluding diaryl/α,β-unsaturated/α-hetero) is 1. The summed E-state index contributed by atoms with van der Waals surface area (Å²) in [6.07, 6.45) is 4.39. The highest BCUT2D eigenvalue weighted by Gasteiger charge is 2.26. The van der Waals surface area contributed by atoms with Gasteiger partial charge >= 0.3 is 0 Å². The van der Waals surface area contributed by atoms with Gasteiger partial charge in [-0.15, -0.1) is 0 Å². The summed E-state index contributed by atoms with van der Waals surface area (Å²) in [6, 6.07) is 16.0. The lowest BCUT2D eigenvalue weighted by atomic mass is 9.89. The second-order valence-corrected chi connectivity index (χ2v) is 8.47. The molecule has 0 aliphatic heterocycles. The molecule has 0 atom stereocenters. The van der Waals surface area contributed by atoms with E-state index in [2.05, 4.69) is 40.2 Å². The van der Waals surface area contributed by atoms with Crippen molar-refractivity contribution >= 4 is 33.1 Å². The number of benzene rings is 3. The predicted octanol–water partition coefficient (Wildman–Crippen LogP) is 3.15. The van der Waals surface area contributed by atoms with Crippen molar-refractivity contribution < 1.29 is 9.59 Å². The Bertz CT molecular complexity index is 1190. The third-order valence-corrected chi connectivity index (χ3v) is 5.98. The Morgan fingerprint density at radius 3 is 1.88 bits per heavy atom. The van der Waals surface area contributed by atoms with E-state index in [9.17, 15) is 9.59 Å². The van der Waals surface area contributed by atoms with Crippen LogP contribution in [0.5, 0.6) is 0 Å². The van der Waals surface area contributed by atoms with Gasteiger partial charge in [0.1, 0.15) is 0 Å². The normalized spacial score (nSPS) is 13.4. The summed E-state index contributed by atoms with van der Waals surface area (Å²) in [5, 5.41) is 14.1. The minimum atomic E-state index is -0.123. The van der Waals surface area contributed by atoms with Crippen LogP contribution in [0.15, 0.2) is 60.3 Å². The van der Waals surface area contributed by atoms with Gasteiger partial charge < -0.3 is 21.7 Å². The zero-order valence-electron chi connectivity index (χ0n) is 19.0. The van der Waals surface area contributed by atoms with Gasteiger partial charge in [0.25, 0.3) is 0 Å². The summed E-state index contributed by atoms with van der Waals surface area (Å²) in [7, 11) is 0. The van der Waals surface area contributed by atoms with Crippen LogP contribution in [0.2, 0.25) is 0 Å². The third kappa shape index (κ3) is 5.66. The Balaban J connectivity index is 1.31. The van der Waals surface area contributed by atoms with Crippen LogP contribution >= 0.6 is 0 Å². The van der Waals surface area contributed by atoms with Gasteiger partial charge in [-0.3, -0.25) is 9.59 Å². The van der Waals surface area contributed by atoms with Gasteiger partial charge in [-0.2, -0.15) is 0 Å². The van der Waals surface area contributed by atoms with Crippen LogP contribution in [-0.2, 0) is 0 Å². The van der Waals surface area contributed by atoms with E-state index in [1.807, 2.05) is 24.3 Å². The number of carbonyl (C=O) groups is 2. The fraction of sp³-hybridized carbons (Fsp3) is 0.333. The SMILES string of the molecule is NCCCNCCCNCCCNC1=CC(=O)c2cc3cc4ccccc4cc3cc2C1=O. The van der Waals surface area contributed by atoms with Gasteiger partial charge in [0.15, 0.2) is 5.78 Å². The number of fused-ring (bicyclic) bond motifs is 3. The lowest BCUT2D eigenvalue weighted by molar-refractivity contribution is 0.0978. The fourth-order valence-corrected chi connectivity index (χ4v) is 4.19. The van der Waals surface area contributed by atoms with Crippen molar-refractivity contribution in [1.29, 1.82) is 0 Å². The van der Waals surface area contributed by atoms with Crippen LogP contribution in [0.1, 0.15) is 40.0 Å². The lowest BCUT2D eigenvalue weighted by Gasteiger charge is -2.18. The summed E-state index contributed by atoms with van der Waals surface area (Å²) < 4.78 is 0. The molecule has 0 saturated heterocycles. The highest BCUT2D eigenvalue weighted by atomic mass is 16.1. The molecule has 172 valence electrons. The van der Waals surface area contributed by atoms with Crippen molar-refractivity contribution in [3.63, 3.8) is 0 Å². The summed E-state index contributed by atoms with van der Waals surface area (Å²) in [5.74, 6) is -0.237. The number of hydrogen-bond acceptors (Lipinski definition) is 6. The van der Waals surface area contributed by atoms with Crippen LogP contribution in [-0.4, -0.2) is 50.8 Å². The first-order chi connectivity index (χ1) is 16.2. The Morgan fingerprint density at radius 1 is 0.667 bits per heavy atom. The first-order valence-electron chi connectivity index (χ1n) is 11.8. The van der Waals surface area contributed by atoms with E-state index in [0.29, 0.717) is 23.4 Å². The predicted molar refractivity (Wildman–Crippen MR) is 135 cm³/mol. The Morgan fingerprint density at radius 2 is 1.24 bits per heavy atom. The number of rotatable bonds is 12. The first kappa shape index (κ1) is 23.1. The molecule has 0 bridgehead atoms. The monoisotopic (exact) mass is 444 g/mol. The average molecular weight is 445 g/mol. The first-order valence-corrected chi connectivity index (χ1v) is 11.8. The van der Waals surface area contributed by atoms with Crippen LogP contribution in [0.3, 0.4) is 0 Å². The van der Waals surface area contributed by atoms with Crippen molar-refractivity contribution in [2.75, 3.05) is 39.3 Å². The zero-order chi connectivity index (χ0) is 23.0. The summed E-state index contributed by atoms with van der Waals surface area (Å²) in [6.45, 7) is 5.13. The number of hydrogen-bond donors (Lipinski definition) is 4. The lowest BCUT2D eigenvalue weighted by Crippen LogP contribution is -2.29. The van der Waals surface area contributed by atoms with E-state index in [4.69, 9.17) is 5.73 Å². The minimum Gasteiger partial charge on any atom is -0.382 e. The van der Waals surface area contributed by atoms with E-state index >= 15 is 0 Å². The Kier molecular flexibility index (Phi) is 7.83. The highest BCUT2D eigenvalue weighted by molar-refractivity contribution is 6.26. The summed E-state index contributed by atoms with van der Waals surface area (Å²) in [4.78, 5) is 25.8. The maximum absolute atomic E-state index is 13.1. The van der Waals surface area contributed by atoms with Crippen molar-refractivity contribution in [2.24, 2.45) is 5.73 Å². The molecule has 0 saturated carbocycles. The minimum absolute atomic E-state index is 0.115. The van der Waals surface area contributed by atoms with Crippen LogP contribution in [0.4, 0.5) is 0 Å².